The molecule has 0 aromatic heterocycles. The Morgan fingerprint density at radius 2 is 2.19 bits per heavy atom. The number of esters is 2. The van der Waals surface area contributed by atoms with Crippen molar-refractivity contribution in [2.45, 2.75) is 63.0 Å². The molecule has 2 saturated carbocycles. The first-order valence-electron chi connectivity index (χ1n) is 9.27. The van der Waals surface area contributed by atoms with Crippen LogP contribution < -0.4 is 5.32 Å². The van der Waals surface area contributed by atoms with E-state index in [9.17, 15) is 19.5 Å². The zero-order chi connectivity index (χ0) is 19.1. The maximum absolute atomic E-state index is 12.5. The number of hydrogen-bond acceptors (Lipinski definition) is 7. The van der Waals surface area contributed by atoms with Crippen molar-refractivity contribution in [1.82, 2.24) is 5.32 Å². The summed E-state index contributed by atoms with van der Waals surface area (Å²) in [4.78, 5) is 36.0. The van der Waals surface area contributed by atoms with Gasteiger partial charge >= 0.3 is 11.9 Å². The standard InChI is InChI=1S/C18H27NO6S/c1-4-24-16(21)12(19-10(3)20)8-26-15-9(2)7-11-5-6-13-18(11,23)14(15)17(22)25-13/h9,11-15,23H,4-8H2,1-3H3,(H,19,20)/t9-,11+,12-,13+,14?,15+,18+/m0/s1. The Morgan fingerprint density at radius 1 is 1.46 bits per heavy atom. The number of thioether (sulfide) groups is 1. The highest BCUT2D eigenvalue weighted by Gasteiger charge is 2.68. The number of nitrogens with one attached hydrogen (secondary N) is 1. The summed E-state index contributed by atoms with van der Waals surface area (Å²) in [6.07, 6.45) is 2.02. The Labute approximate surface area is 157 Å². The van der Waals surface area contributed by atoms with Crippen molar-refractivity contribution in [3.63, 3.8) is 0 Å². The lowest BCUT2D eigenvalue weighted by atomic mass is 9.66. The van der Waals surface area contributed by atoms with Gasteiger partial charge in [-0.1, -0.05) is 6.92 Å². The second-order valence-electron chi connectivity index (χ2n) is 7.58. The second kappa shape index (κ2) is 7.38. The molecular weight excluding hydrogens is 358 g/mol. The summed E-state index contributed by atoms with van der Waals surface area (Å²) in [5, 5.41) is 13.7. The third-order valence-electron chi connectivity index (χ3n) is 5.91. The zero-order valence-corrected chi connectivity index (χ0v) is 16.2. The lowest BCUT2D eigenvalue weighted by Gasteiger charge is -2.44. The van der Waals surface area contributed by atoms with Crippen molar-refractivity contribution < 1.29 is 29.0 Å². The normalized spacial score (nSPS) is 39.1. The molecule has 7 atom stereocenters. The Hall–Kier alpha value is -1.28. The van der Waals surface area contributed by atoms with Gasteiger partial charge in [-0.3, -0.25) is 9.59 Å². The minimum Gasteiger partial charge on any atom is -0.464 e. The number of rotatable bonds is 6. The van der Waals surface area contributed by atoms with Crippen molar-refractivity contribution in [3.05, 3.63) is 0 Å². The van der Waals surface area contributed by atoms with Crippen LogP contribution in [0.25, 0.3) is 0 Å². The monoisotopic (exact) mass is 385 g/mol. The molecule has 1 amide bonds. The minimum atomic E-state index is -1.09. The molecule has 1 aliphatic heterocycles. The molecule has 2 aliphatic carbocycles. The van der Waals surface area contributed by atoms with E-state index in [1.165, 1.54) is 18.7 Å². The fourth-order valence-corrected chi connectivity index (χ4v) is 6.42. The van der Waals surface area contributed by atoms with Crippen molar-refractivity contribution in [2.24, 2.45) is 17.8 Å². The first kappa shape index (κ1) is 19.5. The van der Waals surface area contributed by atoms with Crippen LogP contribution >= 0.6 is 11.8 Å². The lowest BCUT2D eigenvalue weighted by Crippen LogP contribution is -2.56. The van der Waals surface area contributed by atoms with Gasteiger partial charge in [0.15, 0.2) is 0 Å². The van der Waals surface area contributed by atoms with Crippen LogP contribution in [-0.4, -0.2) is 58.3 Å². The molecule has 0 spiro atoms. The van der Waals surface area contributed by atoms with Gasteiger partial charge in [-0.25, -0.2) is 4.79 Å². The number of amides is 1. The third-order valence-corrected chi connectivity index (χ3v) is 7.55. The zero-order valence-electron chi connectivity index (χ0n) is 15.4. The van der Waals surface area contributed by atoms with Crippen LogP contribution in [0.4, 0.5) is 0 Å². The minimum absolute atomic E-state index is 0.0898. The van der Waals surface area contributed by atoms with E-state index >= 15 is 0 Å². The number of ether oxygens (including phenoxy) is 2. The van der Waals surface area contributed by atoms with Crippen LogP contribution in [0.5, 0.6) is 0 Å². The summed E-state index contributed by atoms with van der Waals surface area (Å²) in [7, 11) is 0. The molecule has 0 radical (unpaired) electrons. The number of carbonyl (C=O) groups excluding carboxylic acids is 3. The summed E-state index contributed by atoms with van der Waals surface area (Å²) in [5.74, 6) is -1.11. The summed E-state index contributed by atoms with van der Waals surface area (Å²) in [6.45, 7) is 5.37. The molecule has 7 nitrogen and oxygen atoms in total. The van der Waals surface area contributed by atoms with Gasteiger partial charge in [0.05, 0.1) is 6.61 Å². The van der Waals surface area contributed by atoms with Crippen molar-refractivity contribution in [3.8, 4) is 0 Å². The van der Waals surface area contributed by atoms with Crippen molar-refractivity contribution >= 4 is 29.6 Å². The summed E-state index contributed by atoms with van der Waals surface area (Å²) in [5.41, 5.74) is -1.09. The molecule has 1 unspecified atom stereocenters. The highest BCUT2D eigenvalue weighted by Crippen LogP contribution is 2.58. The van der Waals surface area contributed by atoms with Gasteiger partial charge in [0, 0.05) is 17.9 Å². The summed E-state index contributed by atoms with van der Waals surface area (Å²) < 4.78 is 10.5. The number of aliphatic hydroxyl groups is 1. The number of carbonyl (C=O) groups is 3. The highest BCUT2D eigenvalue weighted by molar-refractivity contribution is 8.00. The van der Waals surface area contributed by atoms with Crippen LogP contribution in [0.15, 0.2) is 0 Å². The smallest absolute Gasteiger partial charge is 0.329 e. The molecule has 146 valence electrons. The first-order valence-corrected chi connectivity index (χ1v) is 10.3. The van der Waals surface area contributed by atoms with E-state index in [0.29, 0.717) is 12.2 Å². The topological polar surface area (TPSA) is 102 Å². The van der Waals surface area contributed by atoms with Crippen LogP contribution in [-0.2, 0) is 23.9 Å². The number of hydrogen-bond donors (Lipinski definition) is 2. The van der Waals surface area contributed by atoms with E-state index in [1.807, 2.05) is 0 Å². The first-order chi connectivity index (χ1) is 12.3. The Bertz CT molecular complexity index is 598. The SMILES string of the molecule is CCOC(=O)[C@H](CS[C@H]1C2C(=O)O[C@@H]3CC[C@H](C[C@@H]1C)[C@]23O)NC(C)=O. The van der Waals surface area contributed by atoms with E-state index in [0.717, 1.165) is 12.8 Å². The van der Waals surface area contributed by atoms with Gasteiger partial charge in [-0.05, 0) is 38.0 Å². The molecule has 8 heteroatoms. The maximum Gasteiger partial charge on any atom is 0.329 e. The third kappa shape index (κ3) is 3.22. The van der Waals surface area contributed by atoms with Crippen LogP contribution in [0.1, 0.15) is 40.0 Å². The predicted molar refractivity (Wildman–Crippen MR) is 95.3 cm³/mol. The molecule has 3 aliphatic rings. The average molecular weight is 385 g/mol. The second-order valence-corrected chi connectivity index (χ2v) is 8.79. The molecule has 0 bridgehead atoms. The van der Waals surface area contributed by atoms with E-state index in [1.54, 1.807) is 6.92 Å². The van der Waals surface area contributed by atoms with Crippen LogP contribution in [0.2, 0.25) is 0 Å². The van der Waals surface area contributed by atoms with Crippen LogP contribution in [0, 0.1) is 17.8 Å². The molecule has 3 fully saturated rings. The van der Waals surface area contributed by atoms with E-state index in [4.69, 9.17) is 9.47 Å². The Balaban J connectivity index is 1.74. The van der Waals surface area contributed by atoms with Crippen LogP contribution in [0.3, 0.4) is 0 Å². The van der Waals surface area contributed by atoms with E-state index < -0.39 is 29.6 Å². The summed E-state index contributed by atoms with van der Waals surface area (Å²) >= 11 is 1.44. The van der Waals surface area contributed by atoms with E-state index in [-0.39, 0.29) is 35.6 Å². The average Bonchev–Trinajstić information content (AvgIpc) is 3.00. The molecule has 0 aromatic rings. The maximum atomic E-state index is 12.5. The van der Waals surface area contributed by atoms with Crippen molar-refractivity contribution in [2.75, 3.05) is 12.4 Å². The Kier molecular flexibility index (Phi) is 5.53. The molecule has 3 rings (SSSR count). The van der Waals surface area contributed by atoms with Gasteiger partial charge in [0.2, 0.25) is 5.91 Å². The quantitative estimate of drug-likeness (QED) is 0.654. The highest BCUT2D eigenvalue weighted by atomic mass is 32.2. The molecule has 2 N–H and O–H groups in total. The van der Waals surface area contributed by atoms with E-state index in [2.05, 4.69) is 12.2 Å². The largest absolute Gasteiger partial charge is 0.464 e. The molecule has 1 saturated heterocycles. The predicted octanol–water partition coefficient (Wildman–Crippen LogP) is 0.878. The fraction of sp³-hybridized carbons (Fsp3) is 0.833. The molecular formula is C18H27NO6S. The van der Waals surface area contributed by atoms with Crippen molar-refractivity contribution in [1.29, 1.82) is 0 Å². The fourth-order valence-electron chi connectivity index (χ4n) is 4.83. The molecule has 26 heavy (non-hydrogen) atoms. The van der Waals surface area contributed by atoms with Gasteiger partial charge in [-0.15, -0.1) is 0 Å². The lowest BCUT2D eigenvalue weighted by molar-refractivity contribution is -0.146. The molecule has 1 heterocycles. The van der Waals surface area contributed by atoms with Gasteiger partial charge in [0.1, 0.15) is 23.7 Å². The summed E-state index contributed by atoms with van der Waals surface area (Å²) in [6, 6.07) is -0.770. The van der Waals surface area contributed by atoms with Gasteiger partial charge in [0.25, 0.3) is 0 Å². The molecule has 0 aromatic carbocycles. The van der Waals surface area contributed by atoms with Gasteiger partial charge in [-0.2, -0.15) is 11.8 Å². The van der Waals surface area contributed by atoms with Gasteiger partial charge < -0.3 is 19.9 Å². The Morgan fingerprint density at radius 3 is 2.85 bits per heavy atom.